The Morgan fingerprint density at radius 3 is 2.82 bits per heavy atom. The van der Waals surface area contributed by atoms with Crippen molar-refractivity contribution < 1.29 is 0 Å². The van der Waals surface area contributed by atoms with Gasteiger partial charge in [0.15, 0.2) is 5.65 Å². The molecule has 1 saturated carbocycles. The second-order valence-corrected chi connectivity index (χ2v) is 11.1. The largest absolute Gasteiger partial charge is 0.324 e. The fraction of sp³-hybridized carbons (Fsp3) is 0.440. The van der Waals surface area contributed by atoms with Crippen LogP contribution in [-0.2, 0) is 12.0 Å². The smallest absolute Gasteiger partial charge is 0.278 e. The van der Waals surface area contributed by atoms with Crippen LogP contribution >= 0.6 is 11.3 Å². The van der Waals surface area contributed by atoms with Gasteiger partial charge in [0.25, 0.3) is 5.56 Å². The highest BCUT2D eigenvalue weighted by Gasteiger charge is 2.29. The lowest BCUT2D eigenvalue weighted by Crippen LogP contribution is -2.38. The highest BCUT2D eigenvalue weighted by atomic mass is 32.1. The summed E-state index contributed by atoms with van der Waals surface area (Å²) in [5.41, 5.74) is 5.27. The summed E-state index contributed by atoms with van der Waals surface area (Å²) in [6.45, 7) is 10.3. The van der Waals surface area contributed by atoms with Gasteiger partial charge < -0.3 is 10.6 Å². The van der Waals surface area contributed by atoms with Crippen LogP contribution in [0.2, 0.25) is 0 Å². The highest BCUT2D eigenvalue weighted by Crippen LogP contribution is 2.41. The van der Waals surface area contributed by atoms with Gasteiger partial charge in [0, 0.05) is 47.7 Å². The van der Waals surface area contributed by atoms with Crippen LogP contribution in [0.25, 0.3) is 16.2 Å². The maximum absolute atomic E-state index is 13.2. The van der Waals surface area contributed by atoms with Crippen molar-refractivity contribution in [2.45, 2.75) is 64.5 Å². The summed E-state index contributed by atoms with van der Waals surface area (Å²) in [6.07, 6.45) is 4.01. The quantitative estimate of drug-likeness (QED) is 0.438. The molecule has 0 spiro atoms. The molecule has 0 bridgehead atoms. The molecule has 0 atom stereocenters. The lowest BCUT2D eigenvalue weighted by molar-refractivity contribution is 0.435. The predicted molar refractivity (Wildman–Crippen MR) is 136 cm³/mol. The van der Waals surface area contributed by atoms with E-state index in [0.717, 1.165) is 29.6 Å². The minimum absolute atomic E-state index is 0.0390. The van der Waals surface area contributed by atoms with Crippen molar-refractivity contribution in [2.24, 2.45) is 0 Å². The number of hydrogen-bond donors (Lipinski definition) is 2. The number of aromatic nitrogens is 5. The summed E-state index contributed by atoms with van der Waals surface area (Å²) in [5.74, 6) is 1.02. The first kappa shape index (κ1) is 21.5. The molecule has 9 heteroatoms. The van der Waals surface area contributed by atoms with Crippen molar-refractivity contribution in [2.75, 3.05) is 11.9 Å². The van der Waals surface area contributed by atoms with Crippen molar-refractivity contribution >= 4 is 34.0 Å². The van der Waals surface area contributed by atoms with Gasteiger partial charge in [-0.15, -0.1) is 11.3 Å². The number of hydrogen-bond acceptors (Lipinski definition) is 7. The van der Waals surface area contributed by atoms with E-state index in [1.54, 1.807) is 22.2 Å². The Labute approximate surface area is 202 Å². The zero-order valence-corrected chi connectivity index (χ0v) is 20.7. The number of anilines is 2. The monoisotopic (exact) mass is 475 g/mol. The molecule has 4 heterocycles. The fourth-order valence-electron chi connectivity index (χ4n) is 4.86. The molecule has 1 aromatic carbocycles. The molecule has 1 aliphatic heterocycles. The van der Waals surface area contributed by atoms with E-state index < -0.39 is 0 Å². The average molecular weight is 476 g/mol. The van der Waals surface area contributed by atoms with Gasteiger partial charge >= 0.3 is 0 Å². The fourth-order valence-corrected chi connectivity index (χ4v) is 5.77. The molecule has 34 heavy (non-hydrogen) atoms. The molecule has 0 radical (unpaired) electrons. The summed E-state index contributed by atoms with van der Waals surface area (Å²) >= 11 is 1.56. The van der Waals surface area contributed by atoms with Crippen molar-refractivity contribution in [1.82, 2.24) is 29.6 Å². The second kappa shape index (κ2) is 7.74. The molecule has 1 aliphatic carbocycles. The molecule has 0 saturated heterocycles. The summed E-state index contributed by atoms with van der Waals surface area (Å²) < 4.78 is 3.59. The number of nitrogens with zero attached hydrogens (tertiary/aromatic N) is 5. The van der Waals surface area contributed by atoms with Gasteiger partial charge in [-0.25, -0.2) is 19.3 Å². The van der Waals surface area contributed by atoms with E-state index in [2.05, 4.69) is 53.0 Å². The first-order valence-electron chi connectivity index (χ1n) is 11.9. The minimum Gasteiger partial charge on any atom is -0.324 e. The number of rotatable bonds is 5. The highest BCUT2D eigenvalue weighted by molar-refractivity contribution is 7.12. The number of benzene rings is 1. The van der Waals surface area contributed by atoms with Gasteiger partial charge in [-0.1, -0.05) is 19.9 Å². The lowest BCUT2D eigenvalue weighted by atomic mass is 9.79. The third-order valence-electron chi connectivity index (χ3n) is 6.77. The van der Waals surface area contributed by atoms with Crippen LogP contribution in [0.15, 0.2) is 34.6 Å². The van der Waals surface area contributed by atoms with Gasteiger partial charge in [-0.05, 0) is 49.9 Å². The molecule has 3 aromatic heterocycles. The number of fused-ring (bicyclic) bond motifs is 2. The molecule has 2 N–H and O–H groups in total. The van der Waals surface area contributed by atoms with Crippen LogP contribution < -0.4 is 16.2 Å². The van der Waals surface area contributed by atoms with E-state index in [0.29, 0.717) is 22.9 Å². The molecule has 1 fully saturated rings. The molecule has 8 nitrogen and oxygen atoms in total. The second-order valence-electron chi connectivity index (χ2n) is 10.3. The minimum atomic E-state index is -0.0955. The molecule has 0 unspecified atom stereocenters. The molecule has 6 rings (SSSR count). The lowest BCUT2D eigenvalue weighted by Gasteiger charge is -2.33. The third-order valence-corrected chi connectivity index (χ3v) is 7.61. The van der Waals surface area contributed by atoms with E-state index in [-0.39, 0.29) is 17.0 Å². The Kier molecular flexibility index (Phi) is 4.90. The van der Waals surface area contributed by atoms with Gasteiger partial charge in [0.05, 0.1) is 5.69 Å². The molecule has 0 amide bonds. The van der Waals surface area contributed by atoms with Crippen LogP contribution in [0, 0.1) is 0 Å². The van der Waals surface area contributed by atoms with Crippen LogP contribution in [0.5, 0.6) is 0 Å². The standard InChI is InChI=1S/C25H29N7OS/c1-14(2)31-22(33)18-11-27-23(28-17-7-8-19-16(9-17)10-26-13-25(19,3)4)30-21(18)32(31)24-29-20(12-34-24)15-5-6-15/h7-9,11-12,14-15,26H,5-6,10,13H2,1-4H3,(H,27,28,30). The van der Waals surface area contributed by atoms with Gasteiger partial charge in [-0.2, -0.15) is 4.98 Å². The Morgan fingerprint density at radius 1 is 1.24 bits per heavy atom. The summed E-state index contributed by atoms with van der Waals surface area (Å²) in [4.78, 5) is 27.3. The maximum atomic E-state index is 13.2. The van der Waals surface area contributed by atoms with Crippen molar-refractivity contribution in [3.63, 3.8) is 0 Å². The summed E-state index contributed by atoms with van der Waals surface area (Å²) in [5, 5.41) is 10.2. The van der Waals surface area contributed by atoms with Crippen LogP contribution in [-0.4, -0.2) is 30.9 Å². The summed E-state index contributed by atoms with van der Waals surface area (Å²) in [6, 6.07) is 6.39. The summed E-state index contributed by atoms with van der Waals surface area (Å²) in [7, 11) is 0. The Hall–Kier alpha value is -3.04. The normalized spacial score (nSPS) is 17.3. The maximum Gasteiger partial charge on any atom is 0.278 e. The zero-order chi connectivity index (χ0) is 23.6. The van der Waals surface area contributed by atoms with E-state index in [4.69, 9.17) is 9.97 Å². The first-order chi connectivity index (χ1) is 16.3. The van der Waals surface area contributed by atoms with E-state index in [1.807, 2.05) is 18.5 Å². The van der Waals surface area contributed by atoms with Gasteiger partial charge in [-0.3, -0.25) is 4.79 Å². The average Bonchev–Trinajstić information content (AvgIpc) is 3.45. The van der Waals surface area contributed by atoms with Gasteiger partial charge in [0.1, 0.15) is 5.39 Å². The Bertz CT molecular complexity index is 1460. The predicted octanol–water partition coefficient (Wildman–Crippen LogP) is 4.62. The Morgan fingerprint density at radius 2 is 2.06 bits per heavy atom. The van der Waals surface area contributed by atoms with Crippen molar-refractivity contribution in [3.05, 3.63) is 57.0 Å². The van der Waals surface area contributed by atoms with Crippen molar-refractivity contribution in [3.8, 4) is 5.13 Å². The third kappa shape index (κ3) is 3.54. The zero-order valence-electron chi connectivity index (χ0n) is 19.9. The first-order valence-corrected chi connectivity index (χ1v) is 12.8. The van der Waals surface area contributed by atoms with Crippen LogP contribution in [0.3, 0.4) is 0 Å². The Balaban J connectivity index is 1.42. The van der Waals surface area contributed by atoms with E-state index >= 15 is 0 Å². The topological polar surface area (TPSA) is 89.7 Å². The molecular weight excluding hydrogens is 446 g/mol. The SMILES string of the molecule is CC(C)n1c(=O)c2cnc(Nc3ccc4c(c3)CNCC4(C)C)nc2n1-c1nc(C2CC2)cs1. The molecule has 2 aliphatic rings. The van der Waals surface area contributed by atoms with Crippen molar-refractivity contribution in [1.29, 1.82) is 0 Å². The molecular formula is C25H29N7OS. The van der Waals surface area contributed by atoms with Crippen LogP contribution in [0.4, 0.5) is 11.6 Å². The molecule has 4 aromatic rings. The van der Waals surface area contributed by atoms with Crippen LogP contribution in [0.1, 0.15) is 69.3 Å². The molecule has 176 valence electrons. The van der Waals surface area contributed by atoms with E-state index in [9.17, 15) is 4.79 Å². The van der Waals surface area contributed by atoms with E-state index in [1.165, 1.54) is 24.0 Å². The number of thiazole rings is 1. The van der Waals surface area contributed by atoms with Gasteiger partial charge in [0.2, 0.25) is 11.1 Å². The number of nitrogens with one attached hydrogen (secondary N) is 2.